The van der Waals surface area contributed by atoms with Crippen LogP contribution in [0.5, 0.6) is 11.5 Å². The second-order valence-electron chi connectivity index (χ2n) is 13.4. The lowest BCUT2D eigenvalue weighted by molar-refractivity contribution is 0.228. The third kappa shape index (κ3) is 9.25. The molecule has 2 aliphatic heterocycles. The monoisotopic (exact) mass is 846 g/mol. The molecule has 0 unspecified atom stereocenters. The van der Waals surface area contributed by atoms with Crippen molar-refractivity contribution in [3.8, 4) is 33.8 Å². The molecule has 0 amide bonds. The van der Waals surface area contributed by atoms with E-state index in [0.29, 0.717) is 56.4 Å². The minimum Gasteiger partial charge on any atom is -0.497 e. The van der Waals surface area contributed by atoms with E-state index in [0.717, 1.165) is 33.3 Å². The van der Waals surface area contributed by atoms with Crippen molar-refractivity contribution < 1.29 is 36.7 Å². The normalized spacial score (nSPS) is 12.9. The maximum atomic E-state index is 13.8. The van der Waals surface area contributed by atoms with Gasteiger partial charge in [-0.05, 0) is 124 Å². The van der Waals surface area contributed by atoms with Crippen molar-refractivity contribution in [3.05, 3.63) is 118 Å². The fraction of sp³-hybridized carbons (Fsp3) is 0.217. The topological polar surface area (TPSA) is 147 Å². The first-order chi connectivity index (χ1) is 29.1. The largest absolute Gasteiger partial charge is 0.497 e. The number of ether oxygens (including phenoxy) is 2. The van der Waals surface area contributed by atoms with Crippen LogP contribution in [0.25, 0.3) is 80.8 Å². The Morgan fingerprint density at radius 1 is 0.517 bits per heavy atom. The summed E-state index contributed by atoms with van der Waals surface area (Å²) in [6, 6.07) is 23.4. The first kappa shape index (κ1) is 42.5. The van der Waals surface area contributed by atoms with E-state index in [1.165, 1.54) is 11.6 Å². The Morgan fingerprint density at radius 2 is 0.883 bits per heavy atom. The molecular weight excluding hydrogens is 798 g/mol. The van der Waals surface area contributed by atoms with E-state index in [9.17, 15) is 9.13 Å². The predicted molar refractivity (Wildman–Crippen MR) is 243 cm³/mol. The fourth-order valence-electron chi connectivity index (χ4n) is 7.06. The van der Waals surface area contributed by atoms with Crippen LogP contribution in [0.4, 0.5) is 0 Å². The van der Waals surface area contributed by atoms with Crippen molar-refractivity contribution in [1.82, 2.24) is 19.9 Å². The lowest BCUT2D eigenvalue weighted by Gasteiger charge is -2.12. The molecule has 3 aromatic heterocycles. The number of aromatic nitrogens is 4. The van der Waals surface area contributed by atoms with Gasteiger partial charge in [-0.15, -0.1) is 0 Å². The van der Waals surface area contributed by atoms with Crippen molar-refractivity contribution >= 4 is 73.7 Å². The molecule has 310 valence electrons. The number of nitrogens with one attached hydrogen (secondary N) is 2. The molecule has 8 bridgehead atoms. The quantitative estimate of drug-likeness (QED) is 0.0901. The maximum absolute atomic E-state index is 13.8. The molecule has 5 heterocycles. The molecule has 12 nitrogen and oxygen atoms in total. The van der Waals surface area contributed by atoms with E-state index in [2.05, 4.69) is 9.97 Å². The number of rotatable bonds is 16. The molecule has 60 heavy (non-hydrogen) atoms. The van der Waals surface area contributed by atoms with Crippen LogP contribution >= 0.6 is 15.2 Å². The summed E-state index contributed by atoms with van der Waals surface area (Å²) in [5, 5.41) is 0. The molecule has 2 N–H and O–H groups in total. The summed E-state index contributed by atoms with van der Waals surface area (Å²) >= 11 is 0. The molecule has 0 spiro atoms. The van der Waals surface area contributed by atoms with Gasteiger partial charge in [0.05, 0.1) is 63.4 Å². The van der Waals surface area contributed by atoms with Crippen LogP contribution in [0.3, 0.4) is 0 Å². The first-order valence-corrected chi connectivity index (χ1v) is 23.0. The van der Waals surface area contributed by atoms with Gasteiger partial charge in [0, 0.05) is 56.0 Å². The Kier molecular flexibility index (Phi) is 13.3. The Labute approximate surface area is 349 Å². The highest BCUT2D eigenvalue weighted by Gasteiger charge is 2.23. The van der Waals surface area contributed by atoms with Crippen LogP contribution in [0.1, 0.15) is 61.6 Å². The maximum Gasteiger partial charge on any atom is 0.354 e. The van der Waals surface area contributed by atoms with E-state index in [4.69, 9.17) is 37.5 Å². The van der Waals surface area contributed by atoms with Crippen LogP contribution in [0, 0.1) is 0 Å². The van der Waals surface area contributed by atoms with Crippen LogP contribution in [0.2, 0.25) is 0 Å². The Bertz CT molecular complexity index is 2580. The number of nitrogens with zero attached hydrogens (tertiary/aromatic N) is 2. The number of hydrogen-bond acceptors (Lipinski definition) is 10. The van der Waals surface area contributed by atoms with E-state index >= 15 is 0 Å². The number of methoxy groups -OCH3 is 2. The minimum absolute atomic E-state index is 0.208. The lowest BCUT2D eigenvalue weighted by atomic mass is 10.0. The number of fused-ring (bicyclic) bond motifs is 8. The van der Waals surface area contributed by atoms with Crippen LogP contribution in [-0.4, -0.2) is 60.6 Å². The molecule has 0 radical (unpaired) electrons. The Hall–Kier alpha value is -5.58. The van der Waals surface area contributed by atoms with Crippen molar-refractivity contribution in [2.24, 2.45) is 0 Å². The van der Waals surface area contributed by atoms with Gasteiger partial charge in [0.25, 0.3) is 0 Å². The summed E-state index contributed by atoms with van der Waals surface area (Å²) in [5.74, 6) is 4.34. The molecule has 0 atom stereocenters. The second-order valence-corrected chi connectivity index (χ2v) is 17.2. The highest BCUT2D eigenvalue weighted by molar-refractivity contribution is 7.57. The molecule has 0 saturated heterocycles. The summed E-state index contributed by atoms with van der Waals surface area (Å²) < 4.78 is 61.4. The predicted octanol–water partition coefficient (Wildman–Crippen LogP) is 12.5. The third-order valence-corrected chi connectivity index (χ3v) is 13.1. The molecule has 14 heteroatoms. The van der Waals surface area contributed by atoms with Crippen molar-refractivity contribution in [3.63, 3.8) is 0 Å². The summed E-state index contributed by atoms with van der Waals surface area (Å²) in [6.07, 6.45) is 11.3. The van der Waals surface area contributed by atoms with E-state index in [1.54, 1.807) is 54.1 Å². The standard InChI is InChI=1S/C46H48N4O8P2/c1-7-55-59(51,56-8-2)27-25-35-37-17-21-41(47-37)45(31-13-11-15-33(29-31)53-5)43-23-19-39(49-43)36(26-28-60(52,57-9-3)58-10-4)40-20-24-44(50-40)46(42-22-18-38(35)48-42)32-14-12-16-34(30-32)54-6/h11-30,47,50H,7-10H2,1-6H3/b27-25+,28-26+,37-35?,38-35?,39-36?,40-36?,45-41?,45-43?,46-42?,46-44?. The van der Waals surface area contributed by atoms with Gasteiger partial charge in [-0.2, -0.15) is 0 Å². The molecule has 0 aliphatic carbocycles. The SMILES string of the molecule is CCOP(=O)(/C=C/c1c2nc(c(-c3cccc(OC)c3)c3ccc([nH]3)c(/C=C/P(=O)(OCC)OCC)c3nc(c(-c4cccc(OC)c4)c4ccc1[nH]4)C=C3)C=C2)OCC. The zero-order valence-electron chi connectivity index (χ0n) is 34.4. The fourth-order valence-corrected chi connectivity index (χ4v) is 9.66. The van der Waals surface area contributed by atoms with Gasteiger partial charge < -0.3 is 37.5 Å². The highest BCUT2D eigenvalue weighted by atomic mass is 31.2. The average Bonchev–Trinajstić information content (AvgIpc) is 4.09. The summed E-state index contributed by atoms with van der Waals surface area (Å²) in [5.41, 5.74) is 10.1. The van der Waals surface area contributed by atoms with Gasteiger partial charge >= 0.3 is 15.2 Å². The summed E-state index contributed by atoms with van der Waals surface area (Å²) in [6.45, 7) is 7.94. The molecule has 2 aromatic carbocycles. The molecule has 0 saturated carbocycles. The molecule has 7 rings (SSSR count). The van der Waals surface area contributed by atoms with Crippen LogP contribution < -0.4 is 9.47 Å². The van der Waals surface area contributed by atoms with Crippen LogP contribution in [0.15, 0.2) is 84.4 Å². The number of aromatic amines is 2. The van der Waals surface area contributed by atoms with E-state index in [-0.39, 0.29) is 26.4 Å². The Morgan fingerprint density at radius 3 is 1.25 bits per heavy atom. The summed E-state index contributed by atoms with van der Waals surface area (Å²) in [7, 11) is -3.94. The molecule has 0 fully saturated rings. The van der Waals surface area contributed by atoms with Crippen molar-refractivity contribution in [1.29, 1.82) is 0 Å². The van der Waals surface area contributed by atoms with Crippen LogP contribution in [-0.2, 0) is 27.2 Å². The minimum atomic E-state index is -3.60. The van der Waals surface area contributed by atoms with Gasteiger partial charge in [0.1, 0.15) is 11.5 Å². The smallest absolute Gasteiger partial charge is 0.354 e. The van der Waals surface area contributed by atoms with Gasteiger partial charge in [-0.3, -0.25) is 9.13 Å². The number of hydrogen-bond donors (Lipinski definition) is 2. The van der Waals surface area contributed by atoms with E-state index < -0.39 is 15.2 Å². The summed E-state index contributed by atoms with van der Waals surface area (Å²) in [4.78, 5) is 17.7. The van der Waals surface area contributed by atoms with Gasteiger partial charge in [0.15, 0.2) is 0 Å². The number of H-pyrrole nitrogens is 2. The molecule has 5 aromatic rings. The van der Waals surface area contributed by atoms with Gasteiger partial charge in [0.2, 0.25) is 0 Å². The highest BCUT2D eigenvalue weighted by Crippen LogP contribution is 2.51. The van der Waals surface area contributed by atoms with Crippen molar-refractivity contribution in [2.75, 3.05) is 40.6 Å². The zero-order valence-corrected chi connectivity index (χ0v) is 36.2. The zero-order chi connectivity index (χ0) is 42.3. The molecular formula is C46H48N4O8P2. The average molecular weight is 847 g/mol. The number of benzene rings is 2. The van der Waals surface area contributed by atoms with E-state index in [1.807, 2.05) is 97.1 Å². The second kappa shape index (κ2) is 18.8. The van der Waals surface area contributed by atoms with Gasteiger partial charge in [-0.25, -0.2) is 9.97 Å². The Balaban J connectivity index is 1.64. The third-order valence-electron chi connectivity index (χ3n) is 9.64. The molecule has 2 aliphatic rings. The van der Waals surface area contributed by atoms with Crippen molar-refractivity contribution in [2.45, 2.75) is 27.7 Å². The lowest BCUT2D eigenvalue weighted by Crippen LogP contribution is -1.93. The first-order valence-electron chi connectivity index (χ1n) is 19.7. The van der Waals surface area contributed by atoms with Gasteiger partial charge in [-0.1, -0.05) is 24.3 Å².